The number of rotatable bonds is 6. The third kappa shape index (κ3) is 6.21. The minimum Gasteiger partial charge on any atom is -0.452 e. The molecule has 0 spiro atoms. The van der Waals surface area contributed by atoms with Crippen molar-refractivity contribution in [1.29, 1.82) is 0 Å². The Kier molecular flexibility index (Phi) is 6.55. The highest BCUT2D eigenvalue weighted by Gasteiger charge is 2.12. The summed E-state index contributed by atoms with van der Waals surface area (Å²) in [6.45, 7) is -3.47. The molecule has 5 nitrogen and oxygen atoms in total. The van der Waals surface area contributed by atoms with Crippen LogP contribution in [0.25, 0.3) is 0 Å². The molecule has 25 heavy (non-hydrogen) atoms. The lowest BCUT2D eigenvalue weighted by Crippen LogP contribution is -2.20. The first-order valence-corrected chi connectivity index (χ1v) is 7.57. The van der Waals surface area contributed by atoms with Gasteiger partial charge in [-0.15, -0.1) is 0 Å². The molecule has 0 aliphatic rings. The van der Waals surface area contributed by atoms with Crippen molar-refractivity contribution in [3.63, 3.8) is 0 Å². The normalized spacial score (nSPS) is 10.4. The summed E-state index contributed by atoms with van der Waals surface area (Å²) in [5, 5.41) is 2.96. The number of halogens is 4. The maximum absolute atomic E-state index is 12.0. The molecule has 0 aliphatic carbocycles. The molecule has 0 radical (unpaired) electrons. The van der Waals surface area contributed by atoms with Crippen LogP contribution in [0.3, 0.4) is 0 Å². The van der Waals surface area contributed by atoms with Gasteiger partial charge in [0, 0.05) is 15.7 Å². The molecule has 0 unspecified atom stereocenters. The molecule has 1 N–H and O–H groups in total. The number of carbonyl (C=O) groups excluding carboxylic acids is 2. The fourth-order valence-corrected chi connectivity index (χ4v) is 2.33. The third-order valence-electron chi connectivity index (χ3n) is 2.80. The standard InChI is InChI=1S/C16H11Cl2F2NO4/c17-10-5-9(6-11(18)7-10)15(23)24-8-14(22)21-12-1-3-13(4-2-12)25-16(19)20/h1-7,16H,8H2,(H,21,22). The van der Waals surface area contributed by atoms with Gasteiger partial charge < -0.3 is 14.8 Å². The first-order valence-electron chi connectivity index (χ1n) is 6.81. The van der Waals surface area contributed by atoms with Gasteiger partial charge in [0.1, 0.15) is 5.75 Å². The largest absolute Gasteiger partial charge is 0.452 e. The molecule has 132 valence electrons. The number of benzene rings is 2. The molecule has 2 rings (SSSR count). The zero-order valence-corrected chi connectivity index (χ0v) is 14.0. The molecule has 0 heterocycles. The Bertz CT molecular complexity index is 749. The summed E-state index contributed by atoms with van der Waals surface area (Å²) in [5.74, 6) is -1.42. The SMILES string of the molecule is O=C(COC(=O)c1cc(Cl)cc(Cl)c1)Nc1ccc(OC(F)F)cc1. The van der Waals surface area contributed by atoms with E-state index in [4.69, 9.17) is 27.9 Å². The highest BCUT2D eigenvalue weighted by molar-refractivity contribution is 6.35. The lowest BCUT2D eigenvalue weighted by Gasteiger charge is -2.08. The van der Waals surface area contributed by atoms with E-state index in [1.54, 1.807) is 0 Å². The highest BCUT2D eigenvalue weighted by atomic mass is 35.5. The molecule has 0 bridgehead atoms. The van der Waals surface area contributed by atoms with E-state index in [-0.39, 0.29) is 21.4 Å². The third-order valence-corrected chi connectivity index (χ3v) is 3.23. The van der Waals surface area contributed by atoms with Gasteiger partial charge in [-0.25, -0.2) is 4.79 Å². The summed E-state index contributed by atoms with van der Waals surface area (Å²) >= 11 is 11.6. The van der Waals surface area contributed by atoms with Crippen molar-refractivity contribution in [3.8, 4) is 5.75 Å². The predicted octanol–water partition coefficient (Wildman–Crippen LogP) is 4.39. The highest BCUT2D eigenvalue weighted by Crippen LogP contribution is 2.20. The van der Waals surface area contributed by atoms with Gasteiger partial charge in [0.2, 0.25) is 0 Å². The molecule has 0 aromatic heterocycles. The molecule has 2 aromatic carbocycles. The quantitative estimate of drug-likeness (QED) is 0.744. The number of ether oxygens (including phenoxy) is 2. The Hall–Kier alpha value is -2.38. The van der Waals surface area contributed by atoms with E-state index in [0.717, 1.165) is 0 Å². The number of hydrogen-bond acceptors (Lipinski definition) is 4. The lowest BCUT2D eigenvalue weighted by molar-refractivity contribution is -0.119. The van der Waals surface area contributed by atoms with E-state index in [9.17, 15) is 18.4 Å². The van der Waals surface area contributed by atoms with E-state index >= 15 is 0 Å². The summed E-state index contributed by atoms with van der Waals surface area (Å²) in [5.41, 5.74) is 0.437. The molecule has 0 fully saturated rings. The maximum atomic E-state index is 12.0. The molecule has 0 atom stereocenters. The van der Waals surface area contributed by atoms with Crippen molar-refractivity contribution in [3.05, 3.63) is 58.1 Å². The zero-order valence-electron chi connectivity index (χ0n) is 12.5. The van der Waals surface area contributed by atoms with Crippen LogP contribution in [0, 0.1) is 0 Å². The number of anilines is 1. The van der Waals surface area contributed by atoms with Crippen molar-refractivity contribution < 1.29 is 27.8 Å². The van der Waals surface area contributed by atoms with Crippen LogP contribution in [0.4, 0.5) is 14.5 Å². The van der Waals surface area contributed by atoms with Gasteiger partial charge >= 0.3 is 12.6 Å². The monoisotopic (exact) mass is 389 g/mol. The number of alkyl halides is 2. The summed E-state index contributed by atoms with van der Waals surface area (Å²) in [6.07, 6.45) is 0. The zero-order chi connectivity index (χ0) is 18.4. The minimum absolute atomic E-state index is 0.0442. The Morgan fingerprint density at radius 2 is 1.64 bits per heavy atom. The summed E-state index contributed by atoms with van der Waals surface area (Å²) in [7, 11) is 0. The first-order chi connectivity index (χ1) is 11.8. The Labute approximate surface area is 151 Å². The molecule has 9 heteroatoms. The number of amides is 1. The van der Waals surface area contributed by atoms with Crippen LogP contribution >= 0.6 is 23.2 Å². The van der Waals surface area contributed by atoms with Crippen LogP contribution in [0.1, 0.15) is 10.4 Å². The number of carbonyl (C=O) groups is 2. The molecular weight excluding hydrogens is 379 g/mol. The molecule has 0 saturated carbocycles. The van der Waals surface area contributed by atoms with Crippen molar-refractivity contribution in [2.75, 3.05) is 11.9 Å². The maximum Gasteiger partial charge on any atom is 0.387 e. The van der Waals surface area contributed by atoms with Gasteiger partial charge in [-0.3, -0.25) is 4.79 Å². The Morgan fingerprint density at radius 3 is 2.20 bits per heavy atom. The summed E-state index contributed by atoms with van der Waals surface area (Å²) in [6, 6.07) is 9.44. The summed E-state index contributed by atoms with van der Waals surface area (Å²) in [4.78, 5) is 23.6. The van der Waals surface area contributed by atoms with E-state index < -0.39 is 25.1 Å². The average Bonchev–Trinajstić information content (AvgIpc) is 2.53. The van der Waals surface area contributed by atoms with Crippen LogP contribution in [-0.4, -0.2) is 25.1 Å². The van der Waals surface area contributed by atoms with Gasteiger partial charge in [0.25, 0.3) is 5.91 Å². The van der Waals surface area contributed by atoms with Crippen molar-refractivity contribution in [1.82, 2.24) is 0 Å². The van der Waals surface area contributed by atoms with Crippen molar-refractivity contribution >= 4 is 40.8 Å². The van der Waals surface area contributed by atoms with Crippen LogP contribution < -0.4 is 10.1 Å². The van der Waals surface area contributed by atoms with E-state index in [0.29, 0.717) is 5.69 Å². The van der Waals surface area contributed by atoms with Gasteiger partial charge in [0.05, 0.1) is 5.56 Å². The first kappa shape index (κ1) is 19.0. The second-order valence-corrected chi connectivity index (χ2v) is 5.56. The van der Waals surface area contributed by atoms with Crippen molar-refractivity contribution in [2.24, 2.45) is 0 Å². The van der Waals surface area contributed by atoms with E-state index in [1.807, 2.05) is 0 Å². The smallest absolute Gasteiger partial charge is 0.387 e. The predicted molar refractivity (Wildman–Crippen MR) is 88.4 cm³/mol. The molecule has 1 amide bonds. The topological polar surface area (TPSA) is 64.6 Å². The fourth-order valence-electron chi connectivity index (χ4n) is 1.80. The van der Waals surface area contributed by atoms with Crippen LogP contribution in [0.15, 0.2) is 42.5 Å². The lowest BCUT2D eigenvalue weighted by atomic mass is 10.2. The number of esters is 1. The van der Waals surface area contributed by atoms with Crippen LogP contribution in [0.2, 0.25) is 10.0 Å². The molecule has 0 saturated heterocycles. The van der Waals surface area contributed by atoms with E-state index in [1.165, 1.54) is 42.5 Å². The van der Waals surface area contributed by atoms with Crippen molar-refractivity contribution in [2.45, 2.75) is 6.61 Å². The van der Waals surface area contributed by atoms with Crippen LogP contribution in [-0.2, 0) is 9.53 Å². The second-order valence-electron chi connectivity index (χ2n) is 4.69. The number of hydrogen-bond donors (Lipinski definition) is 1. The van der Waals surface area contributed by atoms with Gasteiger partial charge in [0.15, 0.2) is 6.61 Å². The fraction of sp³-hybridized carbons (Fsp3) is 0.125. The van der Waals surface area contributed by atoms with Gasteiger partial charge in [-0.2, -0.15) is 8.78 Å². The van der Waals surface area contributed by atoms with E-state index in [2.05, 4.69) is 10.1 Å². The van der Waals surface area contributed by atoms with Crippen LogP contribution in [0.5, 0.6) is 5.75 Å². The second kappa shape index (κ2) is 8.64. The average molecular weight is 390 g/mol. The number of nitrogens with one attached hydrogen (secondary N) is 1. The van der Waals surface area contributed by atoms with Gasteiger partial charge in [-0.05, 0) is 42.5 Å². The molecule has 0 aliphatic heterocycles. The van der Waals surface area contributed by atoms with Gasteiger partial charge in [-0.1, -0.05) is 23.2 Å². The molecule has 2 aromatic rings. The summed E-state index contributed by atoms with van der Waals surface area (Å²) < 4.78 is 33.1. The Morgan fingerprint density at radius 1 is 1.04 bits per heavy atom. The Balaban J connectivity index is 1.86. The minimum atomic E-state index is -2.93. The molecular formula is C16H11Cl2F2NO4.